The molecule has 2 heterocycles. The first kappa shape index (κ1) is 26.6. The number of hydrogen-bond acceptors (Lipinski definition) is 10. The first-order chi connectivity index (χ1) is 20.2. The molecule has 0 radical (unpaired) electrons. The Bertz CT molecular complexity index is 2230. The summed E-state index contributed by atoms with van der Waals surface area (Å²) in [6.45, 7) is 0. The van der Waals surface area contributed by atoms with Crippen LogP contribution in [0.2, 0.25) is 0 Å². The van der Waals surface area contributed by atoms with Crippen molar-refractivity contribution in [3.63, 3.8) is 0 Å². The molecule has 0 aliphatic rings. The Balaban J connectivity index is 1.48. The number of aromatic hydroxyl groups is 1. The lowest BCUT2D eigenvalue weighted by Crippen LogP contribution is -2.01. The van der Waals surface area contributed by atoms with E-state index in [9.17, 15) is 28.0 Å². The molecule has 3 N–H and O–H groups in total. The number of hydrogen-bond donors (Lipinski definition) is 3. The Morgan fingerprint density at radius 2 is 1.50 bits per heavy atom. The maximum atomic E-state index is 11.9. The lowest BCUT2D eigenvalue weighted by atomic mass is 10.1. The number of benzene rings is 4. The maximum absolute atomic E-state index is 11.9. The van der Waals surface area contributed by atoms with Crippen molar-refractivity contribution in [2.24, 2.45) is 20.5 Å². The fourth-order valence-electron chi connectivity index (χ4n) is 4.40. The van der Waals surface area contributed by atoms with Gasteiger partial charge in [-0.3, -0.25) is 9.54 Å². The summed E-state index contributed by atoms with van der Waals surface area (Å²) in [5, 5.41) is 39.1. The van der Waals surface area contributed by atoms with Gasteiger partial charge in [0.25, 0.3) is 10.1 Å². The van der Waals surface area contributed by atoms with Gasteiger partial charge < -0.3 is 10.2 Å². The van der Waals surface area contributed by atoms with Crippen molar-refractivity contribution >= 4 is 71.4 Å². The van der Waals surface area contributed by atoms with Gasteiger partial charge in [0.1, 0.15) is 0 Å². The summed E-state index contributed by atoms with van der Waals surface area (Å²) in [5.74, 6) is -1.86. The van der Waals surface area contributed by atoms with E-state index in [-0.39, 0.29) is 27.7 Å². The van der Waals surface area contributed by atoms with Gasteiger partial charge in [0.05, 0.1) is 33.0 Å². The summed E-state index contributed by atoms with van der Waals surface area (Å²) in [5.41, 5.74) is 1.18. The summed E-state index contributed by atoms with van der Waals surface area (Å²) >= 11 is 0. The molecule has 0 aliphatic heterocycles. The molecule has 0 unspecified atom stereocenters. The number of rotatable bonds is 6. The fraction of sp³-hybridized carbons (Fsp3) is 0. The number of fused-ring (bicyclic) bond motifs is 3. The van der Waals surface area contributed by atoms with Crippen molar-refractivity contribution < 1.29 is 28.0 Å². The molecule has 0 spiro atoms. The minimum absolute atomic E-state index is 0.107. The van der Waals surface area contributed by atoms with Crippen LogP contribution in [-0.2, 0) is 10.1 Å². The molecule has 0 bridgehead atoms. The van der Waals surface area contributed by atoms with Gasteiger partial charge in [-0.25, -0.2) is 9.78 Å². The SMILES string of the molecule is O=C(O)c1nc2ccccc2c(O)c1N=Nc1ccc(N=Nc2ccc3ncccc3c2)c2ccc(S(=O)(=O)O)cc12. The quantitative estimate of drug-likeness (QED) is 0.134. The molecule has 6 rings (SSSR count). The van der Waals surface area contributed by atoms with Crippen LogP contribution in [0.3, 0.4) is 0 Å². The van der Waals surface area contributed by atoms with E-state index in [1.807, 2.05) is 24.3 Å². The van der Waals surface area contributed by atoms with Gasteiger partial charge in [0.15, 0.2) is 17.1 Å². The van der Waals surface area contributed by atoms with Crippen LogP contribution in [0.4, 0.5) is 22.7 Å². The van der Waals surface area contributed by atoms with Crippen molar-refractivity contribution in [1.29, 1.82) is 0 Å². The third-order valence-corrected chi connectivity index (χ3v) is 7.25. The van der Waals surface area contributed by atoms with E-state index in [2.05, 4.69) is 30.4 Å². The summed E-state index contributed by atoms with van der Waals surface area (Å²) in [6.07, 6.45) is 1.69. The van der Waals surface area contributed by atoms with Crippen molar-refractivity contribution in [2.45, 2.75) is 4.90 Å². The highest BCUT2D eigenvalue weighted by Crippen LogP contribution is 2.40. The first-order valence-electron chi connectivity index (χ1n) is 12.3. The zero-order valence-corrected chi connectivity index (χ0v) is 22.1. The Labute approximate surface area is 237 Å². The molecule has 4 aromatic carbocycles. The molecule has 12 nitrogen and oxygen atoms in total. The van der Waals surface area contributed by atoms with Crippen molar-refractivity contribution in [3.05, 3.63) is 96.8 Å². The highest BCUT2D eigenvalue weighted by atomic mass is 32.2. The third kappa shape index (κ3) is 5.00. The van der Waals surface area contributed by atoms with Crippen molar-refractivity contribution in [2.75, 3.05) is 0 Å². The summed E-state index contributed by atoms with van der Waals surface area (Å²) in [4.78, 5) is 19.9. The second-order valence-corrected chi connectivity index (χ2v) is 10.5. The van der Waals surface area contributed by atoms with E-state index in [1.54, 1.807) is 42.6 Å². The minimum atomic E-state index is -4.58. The predicted molar refractivity (Wildman–Crippen MR) is 154 cm³/mol. The van der Waals surface area contributed by atoms with E-state index >= 15 is 0 Å². The Morgan fingerprint density at radius 3 is 2.29 bits per heavy atom. The van der Waals surface area contributed by atoms with Crippen LogP contribution < -0.4 is 0 Å². The molecule has 13 heteroatoms. The Hall–Kier alpha value is -5.66. The van der Waals surface area contributed by atoms with Crippen LogP contribution in [0.5, 0.6) is 5.75 Å². The van der Waals surface area contributed by atoms with E-state index in [4.69, 9.17) is 0 Å². The van der Waals surface area contributed by atoms with Crippen LogP contribution in [0.25, 0.3) is 32.6 Å². The molecule has 0 saturated heterocycles. The zero-order valence-electron chi connectivity index (χ0n) is 21.3. The smallest absolute Gasteiger partial charge is 0.357 e. The number of nitrogens with zero attached hydrogens (tertiary/aromatic N) is 6. The van der Waals surface area contributed by atoms with Crippen LogP contribution in [0.15, 0.2) is 116 Å². The molecule has 0 saturated carbocycles. The van der Waals surface area contributed by atoms with Gasteiger partial charge in [-0.2, -0.15) is 13.5 Å². The molecule has 2 aromatic heterocycles. The van der Waals surface area contributed by atoms with E-state index in [0.717, 1.165) is 10.9 Å². The number of azo groups is 2. The van der Waals surface area contributed by atoms with Gasteiger partial charge in [-0.1, -0.05) is 24.3 Å². The molecule has 6 aromatic rings. The zero-order chi connectivity index (χ0) is 29.4. The van der Waals surface area contributed by atoms with Crippen molar-refractivity contribution in [1.82, 2.24) is 9.97 Å². The average molecular weight is 579 g/mol. The van der Waals surface area contributed by atoms with Gasteiger partial charge in [-0.05, 0) is 60.7 Å². The van der Waals surface area contributed by atoms with Gasteiger partial charge >= 0.3 is 5.97 Å². The van der Waals surface area contributed by atoms with Crippen LogP contribution in [0, 0.1) is 0 Å². The molecule has 0 amide bonds. The second-order valence-electron chi connectivity index (χ2n) is 9.05. The van der Waals surface area contributed by atoms with Crippen molar-refractivity contribution in [3.8, 4) is 5.75 Å². The lowest BCUT2D eigenvalue weighted by molar-refractivity contribution is 0.0691. The average Bonchev–Trinajstić information content (AvgIpc) is 2.99. The fourth-order valence-corrected chi connectivity index (χ4v) is 4.91. The highest BCUT2D eigenvalue weighted by Gasteiger charge is 2.20. The molecule has 0 aliphatic carbocycles. The number of para-hydroxylation sites is 1. The monoisotopic (exact) mass is 578 g/mol. The Kier molecular flexibility index (Phi) is 6.57. The molecule has 42 heavy (non-hydrogen) atoms. The summed E-state index contributed by atoms with van der Waals surface area (Å²) in [7, 11) is -4.58. The van der Waals surface area contributed by atoms with E-state index < -0.39 is 32.4 Å². The number of aromatic carboxylic acids is 1. The molecule has 0 atom stereocenters. The number of carbonyl (C=O) groups is 1. The minimum Gasteiger partial charge on any atom is -0.505 e. The van der Waals surface area contributed by atoms with E-state index in [0.29, 0.717) is 16.8 Å². The standard InChI is InChI=1S/C29H18N6O6S/c36-28-20-5-1-2-6-23(20)31-27(29(37)38)26(28)35-34-25-12-11-24(19-9-8-18(15-21(19)25)42(39,40)41)33-32-17-7-10-22-16(14-17)4-3-13-30-22/h1-15H,(H,31,36)(H,37,38)(H,39,40,41). The van der Waals surface area contributed by atoms with Gasteiger partial charge in [-0.15, -0.1) is 15.3 Å². The normalized spacial score (nSPS) is 12.2. The number of aromatic nitrogens is 2. The molecular weight excluding hydrogens is 560 g/mol. The highest BCUT2D eigenvalue weighted by molar-refractivity contribution is 7.85. The predicted octanol–water partition coefficient (Wildman–Crippen LogP) is 7.42. The molecular formula is C29H18N6O6S. The van der Waals surface area contributed by atoms with E-state index in [1.165, 1.54) is 24.3 Å². The van der Waals surface area contributed by atoms with Crippen LogP contribution >= 0.6 is 0 Å². The largest absolute Gasteiger partial charge is 0.505 e. The summed E-state index contributed by atoms with van der Waals surface area (Å²) in [6, 6.07) is 22.4. The third-order valence-electron chi connectivity index (χ3n) is 6.40. The number of carboxylic acids is 1. The van der Waals surface area contributed by atoms with Gasteiger partial charge in [0.2, 0.25) is 0 Å². The number of pyridine rings is 2. The molecule has 0 fully saturated rings. The molecule has 206 valence electrons. The Morgan fingerprint density at radius 1 is 0.738 bits per heavy atom. The van der Waals surface area contributed by atoms with Gasteiger partial charge in [0, 0.05) is 27.7 Å². The maximum Gasteiger partial charge on any atom is 0.357 e. The van der Waals surface area contributed by atoms with Crippen LogP contribution in [-0.4, -0.2) is 39.1 Å². The lowest BCUT2D eigenvalue weighted by Gasteiger charge is -2.08. The van der Waals surface area contributed by atoms with Crippen LogP contribution in [0.1, 0.15) is 10.5 Å². The topological polar surface area (TPSA) is 187 Å². The second kappa shape index (κ2) is 10.4. The number of carboxylic acid groups (broad SMARTS) is 1. The summed E-state index contributed by atoms with van der Waals surface area (Å²) < 4.78 is 33.5. The first-order valence-corrected chi connectivity index (χ1v) is 13.7.